The van der Waals surface area contributed by atoms with E-state index in [1.165, 1.54) is 32.2 Å². The second-order valence-corrected chi connectivity index (χ2v) is 8.56. The standard InChI is InChI=1S/C16H32N2S/c1-12(2)15-10-17-16(3,4)11-18(15)13-7-6-8-14(9-13)19-5/h12-15,17H,6-11H2,1-5H3. The van der Waals surface area contributed by atoms with Crippen LogP contribution in [0.4, 0.5) is 0 Å². The summed E-state index contributed by atoms with van der Waals surface area (Å²) in [5.41, 5.74) is 0.275. The number of hydrogen-bond donors (Lipinski definition) is 1. The molecule has 1 aliphatic carbocycles. The predicted octanol–water partition coefficient (Wildman–Crippen LogP) is 3.37. The number of rotatable bonds is 3. The van der Waals surface area contributed by atoms with E-state index in [1.807, 2.05) is 0 Å². The molecule has 0 bridgehead atoms. The van der Waals surface area contributed by atoms with Gasteiger partial charge in [0.25, 0.3) is 0 Å². The molecule has 2 aliphatic rings. The van der Waals surface area contributed by atoms with Gasteiger partial charge in [0.05, 0.1) is 0 Å². The van der Waals surface area contributed by atoms with Crippen LogP contribution < -0.4 is 5.32 Å². The van der Waals surface area contributed by atoms with Crippen LogP contribution in [0.3, 0.4) is 0 Å². The molecule has 19 heavy (non-hydrogen) atoms. The van der Waals surface area contributed by atoms with E-state index in [9.17, 15) is 0 Å². The van der Waals surface area contributed by atoms with Crippen molar-refractivity contribution < 1.29 is 0 Å². The van der Waals surface area contributed by atoms with Gasteiger partial charge in [-0.15, -0.1) is 0 Å². The van der Waals surface area contributed by atoms with Gasteiger partial charge in [0.1, 0.15) is 0 Å². The zero-order chi connectivity index (χ0) is 14.0. The summed E-state index contributed by atoms with van der Waals surface area (Å²) in [6, 6.07) is 1.54. The fraction of sp³-hybridized carbons (Fsp3) is 1.00. The first-order valence-electron chi connectivity index (χ1n) is 7.96. The van der Waals surface area contributed by atoms with Gasteiger partial charge >= 0.3 is 0 Å². The first-order chi connectivity index (χ1) is 8.93. The van der Waals surface area contributed by atoms with Gasteiger partial charge < -0.3 is 5.32 Å². The largest absolute Gasteiger partial charge is 0.309 e. The van der Waals surface area contributed by atoms with Crippen LogP contribution in [-0.2, 0) is 0 Å². The molecule has 2 rings (SSSR count). The molecule has 0 spiro atoms. The maximum atomic E-state index is 3.74. The second kappa shape index (κ2) is 6.36. The van der Waals surface area contributed by atoms with Crippen LogP contribution in [-0.4, -0.2) is 47.1 Å². The fourth-order valence-electron chi connectivity index (χ4n) is 3.78. The molecule has 0 amide bonds. The molecular formula is C16H32N2S. The molecule has 1 N–H and O–H groups in total. The third-order valence-electron chi connectivity index (χ3n) is 4.96. The number of thioether (sulfide) groups is 1. The van der Waals surface area contributed by atoms with Gasteiger partial charge in [0.2, 0.25) is 0 Å². The zero-order valence-electron chi connectivity index (χ0n) is 13.4. The molecule has 2 fully saturated rings. The van der Waals surface area contributed by atoms with Gasteiger partial charge in [-0.2, -0.15) is 11.8 Å². The third-order valence-corrected chi connectivity index (χ3v) is 6.06. The van der Waals surface area contributed by atoms with Gasteiger partial charge in [-0.05, 0) is 45.3 Å². The van der Waals surface area contributed by atoms with E-state index in [4.69, 9.17) is 0 Å². The van der Waals surface area contributed by atoms with E-state index in [2.05, 4.69) is 55.9 Å². The topological polar surface area (TPSA) is 15.3 Å². The number of piperazine rings is 1. The van der Waals surface area contributed by atoms with E-state index in [1.54, 1.807) is 0 Å². The first-order valence-corrected chi connectivity index (χ1v) is 9.25. The lowest BCUT2D eigenvalue weighted by Gasteiger charge is -2.51. The van der Waals surface area contributed by atoms with Crippen LogP contribution in [0.5, 0.6) is 0 Å². The Kier molecular flexibility index (Phi) is 5.24. The molecule has 1 saturated carbocycles. The van der Waals surface area contributed by atoms with E-state index in [0.29, 0.717) is 0 Å². The summed E-state index contributed by atoms with van der Waals surface area (Å²) in [4.78, 5) is 2.85. The maximum Gasteiger partial charge on any atom is 0.0253 e. The monoisotopic (exact) mass is 284 g/mol. The van der Waals surface area contributed by atoms with Gasteiger partial charge in [-0.3, -0.25) is 4.90 Å². The number of hydrogen-bond acceptors (Lipinski definition) is 3. The lowest BCUT2D eigenvalue weighted by molar-refractivity contribution is 0.0190. The minimum atomic E-state index is 0.275. The van der Waals surface area contributed by atoms with E-state index in [0.717, 1.165) is 29.8 Å². The molecule has 0 aromatic heterocycles. The summed E-state index contributed by atoms with van der Waals surface area (Å²) >= 11 is 2.08. The number of nitrogens with zero attached hydrogens (tertiary/aromatic N) is 1. The summed E-state index contributed by atoms with van der Waals surface area (Å²) in [7, 11) is 0. The number of nitrogens with one attached hydrogen (secondary N) is 1. The summed E-state index contributed by atoms with van der Waals surface area (Å²) in [6.07, 6.45) is 7.95. The van der Waals surface area contributed by atoms with Crippen LogP contribution in [0.1, 0.15) is 53.4 Å². The highest BCUT2D eigenvalue weighted by atomic mass is 32.2. The van der Waals surface area contributed by atoms with Crippen molar-refractivity contribution in [3.63, 3.8) is 0 Å². The van der Waals surface area contributed by atoms with Crippen molar-refractivity contribution in [2.45, 2.75) is 76.3 Å². The normalized spacial score (nSPS) is 36.6. The molecule has 1 heterocycles. The minimum Gasteiger partial charge on any atom is -0.309 e. The average Bonchev–Trinajstić information content (AvgIpc) is 2.37. The lowest BCUT2D eigenvalue weighted by Crippen LogP contribution is -2.65. The van der Waals surface area contributed by atoms with Crippen LogP contribution in [0, 0.1) is 5.92 Å². The van der Waals surface area contributed by atoms with E-state index >= 15 is 0 Å². The average molecular weight is 285 g/mol. The van der Waals surface area contributed by atoms with Crippen LogP contribution in [0.2, 0.25) is 0 Å². The van der Waals surface area contributed by atoms with Crippen molar-refractivity contribution in [1.82, 2.24) is 10.2 Å². The quantitative estimate of drug-likeness (QED) is 0.855. The maximum absolute atomic E-state index is 3.74. The SMILES string of the molecule is CSC1CCCC(N2CC(C)(C)NCC2C(C)C)C1. The zero-order valence-corrected chi connectivity index (χ0v) is 14.2. The summed E-state index contributed by atoms with van der Waals surface area (Å²) in [6.45, 7) is 11.8. The Morgan fingerprint density at radius 3 is 2.63 bits per heavy atom. The highest BCUT2D eigenvalue weighted by Gasteiger charge is 2.38. The summed E-state index contributed by atoms with van der Waals surface area (Å²) in [5, 5.41) is 4.63. The first kappa shape index (κ1) is 15.7. The third kappa shape index (κ3) is 3.89. The lowest BCUT2D eigenvalue weighted by atomic mass is 9.86. The predicted molar refractivity (Wildman–Crippen MR) is 87.0 cm³/mol. The van der Waals surface area contributed by atoms with Gasteiger partial charge in [0.15, 0.2) is 0 Å². The van der Waals surface area contributed by atoms with Crippen molar-refractivity contribution in [2.75, 3.05) is 19.3 Å². The molecule has 0 radical (unpaired) electrons. The van der Waals surface area contributed by atoms with Crippen LogP contribution in [0.15, 0.2) is 0 Å². The Labute approximate surface area is 124 Å². The Morgan fingerprint density at radius 2 is 2.00 bits per heavy atom. The van der Waals surface area contributed by atoms with Gasteiger partial charge in [-0.1, -0.05) is 20.3 Å². The molecule has 1 saturated heterocycles. The Bertz CT molecular complexity index is 290. The summed E-state index contributed by atoms with van der Waals surface area (Å²) < 4.78 is 0. The Balaban J connectivity index is 2.08. The Hall–Kier alpha value is 0.270. The van der Waals surface area contributed by atoms with Crippen molar-refractivity contribution in [3.05, 3.63) is 0 Å². The fourth-order valence-corrected chi connectivity index (χ4v) is 4.60. The highest BCUT2D eigenvalue weighted by Crippen LogP contribution is 2.33. The van der Waals surface area contributed by atoms with E-state index < -0.39 is 0 Å². The Morgan fingerprint density at radius 1 is 1.26 bits per heavy atom. The molecule has 112 valence electrons. The van der Waals surface area contributed by atoms with Gasteiger partial charge in [0, 0.05) is 36.0 Å². The van der Waals surface area contributed by atoms with Crippen molar-refractivity contribution in [3.8, 4) is 0 Å². The smallest absolute Gasteiger partial charge is 0.0253 e. The van der Waals surface area contributed by atoms with Crippen molar-refractivity contribution in [1.29, 1.82) is 0 Å². The van der Waals surface area contributed by atoms with E-state index in [-0.39, 0.29) is 5.54 Å². The molecule has 2 nitrogen and oxygen atoms in total. The van der Waals surface area contributed by atoms with Crippen molar-refractivity contribution >= 4 is 11.8 Å². The second-order valence-electron chi connectivity index (χ2n) is 7.43. The molecule has 0 aromatic carbocycles. The molecule has 1 aliphatic heterocycles. The summed E-state index contributed by atoms with van der Waals surface area (Å²) in [5.74, 6) is 0.748. The molecule has 3 unspecified atom stereocenters. The van der Waals surface area contributed by atoms with Crippen LogP contribution in [0.25, 0.3) is 0 Å². The highest BCUT2D eigenvalue weighted by molar-refractivity contribution is 7.99. The minimum absolute atomic E-state index is 0.275. The molecular weight excluding hydrogens is 252 g/mol. The molecule has 3 heteroatoms. The van der Waals surface area contributed by atoms with Gasteiger partial charge in [-0.25, -0.2) is 0 Å². The van der Waals surface area contributed by atoms with Crippen molar-refractivity contribution in [2.24, 2.45) is 5.92 Å². The van der Waals surface area contributed by atoms with Crippen LogP contribution >= 0.6 is 11.8 Å². The molecule has 3 atom stereocenters. The molecule has 0 aromatic rings.